The van der Waals surface area contributed by atoms with Crippen LogP contribution in [0.15, 0.2) is 4.99 Å². The largest absolute Gasteiger partial charge is 0.342 e. The highest BCUT2D eigenvalue weighted by Gasteiger charge is 2.28. The zero-order valence-corrected chi connectivity index (χ0v) is 8.83. The summed E-state index contributed by atoms with van der Waals surface area (Å²) in [4.78, 5) is 17.9. The van der Waals surface area contributed by atoms with Gasteiger partial charge in [0.15, 0.2) is 0 Å². The average Bonchev–Trinajstić information content (AvgIpc) is 3.02. The van der Waals surface area contributed by atoms with Gasteiger partial charge in [0, 0.05) is 45.1 Å². The average molecular weight is 194 g/mol. The van der Waals surface area contributed by atoms with E-state index in [1.807, 2.05) is 11.9 Å². The third-order valence-electron chi connectivity index (χ3n) is 3.17. The van der Waals surface area contributed by atoms with Crippen molar-refractivity contribution in [2.45, 2.75) is 32.1 Å². The van der Waals surface area contributed by atoms with Crippen LogP contribution in [-0.4, -0.2) is 36.7 Å². The highest BCUT2D eigenvalue weighted by atomic mass is 16.2. The molecule has 2 rings (SSSR count). The van der Waals surface area contributed by atoms with Gasteiger partial charge < -0.3 is 4.90 Å². The van der Waals surface area contributed by atoms with Gasteiger partial charge in [0.2, 0.25) is 5.91 Å². The zero-order chi connectivity index (χ0) is 9.97. The number of piperidine rings is 1. The summed E-state index contributed by atoms with van der Waals surface area (Å²) < 4.78 is 0. The molecule has 78 valence electrons. The lowest BCUT2D eigenvalue weighted by Gasteiger charge is -2.27. The Morgan fingerprint density at radius 3 is 2.57 bits per heavy atom. The van der Waals surface area contributed by atoms with Crippen molar-refractivity contribution >= 4 is 11.6 Å². The minimum atomic E-state index is 0.364. The molecule has 1 aliphatic carbocycles. The summed E-state index contributed by atoms with van der Waals surface area (Å²) in [5.41, 5.74) is 1.26. The molecule has 0 aromatic carbocycles. The molecule has 1 heterocycles. The molecule has 0 N–H and O–H groups in total. The molecule has 2 aliphatic rings. The van der Waals surface area contributed by atoms with Gasteiger partial charge in [0.25, 0.3) is 0 Å². The molecule has 0 aromatic heterocycles. The van der Waals surface area contributed by atoms with Crippen LogP contribution in [0, 0.1) is 5.92 Å². The highest BCUT2D eigenvalue weighted by Crippen LogP contribution is 2.33. The van der Waals surface area contributed by atoms with E-state index in [1.54, 1.807) is 0 Å². The highest BCUT2D eigenvalue weighted by molar-refractivity contribution is 5.87. The van der Waals surface area contributed by atoms with Gasteiger partial charge in [-0.05, 0) is 18.8 Å². The molecular formula is C11H18N2O. The Morgan fingerprint density at radius 1 is 1.43 bits per heavy atom. The van der Waals surface area contributed by atoms with Crippen LogP contribution >= 0.6 is 0 Å². The van der Waals surface area contributed by atoms with E-state index in [0.717, 1.165) is 32.4 Å². The van der Waals surface area contributed by atoms with Gasteiger partial charge in [-0.15, -0.1) is 0 Å². The summed E-state index contributed by atoms with van der Waals surface area (Å²) in [7, 11) is 1.84. The third-order valence-corrected chi connectivity index (χ3v) is 3.17. The minimum Gasteiger partial charge on any atom is -0.342 e. The molecule has 1 saturated carbocycles. The van der Waals surface area contributed by atoms with Crippen LogP contribution in [0.1, 0.15) is 32.1 Å². The van der Waals surface area contributed by atoms with E-state index in [9.17, 15) is 4.79 Å². The molecule has 0 unspecified atom stereocenters. The molecule has 0 spiro atoms. The van der Waals surface area contributed by atoms with E-state index >= 15 is 0 Å². The summed E-state index contributed by atoms with van der Waals surface area (Å²) in [5.74, 6) is 1.08. The molecular weight excluding hydrogens is 176 g/mol. The second-order valence-corrected chi connectivity index (χ2v) is 4.32. The number of nitrogens with zero attached hydrogens (tertiary/aromatic N) is 2. The number of rotatable bonds is 2. The van der Waals surface area contributed by atoms with Gasteiger partial charge in [-0.2, -0.15) is 0 Å². The van der Waals surface area contributed by atoms with Gasteiger partial charge in [0.1, 0.15) is 0 Å². The number of hydrogen-bond donors (Lipinski definition) is 0. The second-order valence-electron chi connectivity index (χ2n) is 4.32. The number of aliphatic imine (C=N–C) groups is 1. The first-order chi connectivity index (χ1) is 6.79. The Kier molecular flexibility index (Phi) is 2.85. The van der Waals surface area contributed by atoms with Crippen LogP contribution in [0.4, 0.5) is 0 Å². The summed E-state index contributed by atoms with van der Waals surface area (Å²) in [5, 5.41) is 0. The SMILES string of the molecule is CN=C1CCN(C(=O)CC2CC2)CC1. The number of carbonyl (C=O) groups is 1. The summed E-state index contributed by atoms with van der Waals surface area (Å²) in [6, 6.07) is 0. The standard InChI is InChI=1S/C11H18N2O/c1-12-10-4-6-13(7-5-10)11(14)8-9-2-3-9/h9H,2-8H2,1H3. The first-order valence-electron chi connectivity index (χ1n) is 5.52. The van der Waals surface area contributed by atoms with Crippen LogP contribution in [0.25, 0.3) is 0 Å². The minimum absolute atomic E-state index is 0.364. The van der Waals surface area contributed by atoms with E-state index in [2.05, 4.69) is 4.99 Å². The topological polar surface area (TPSA) is 32.7 Å². The van der Waals surface area contributed by atoms with Gasteiger partial charge in [0.05, 0.1) is 0 Å². The Labute approximate surface area is 85.2 Å². The smallest absolute Gasteiger partial charge is 0.222 e. The van der Waals surface area contributed by atoms with Gasteiger partial charge in [-0.3, -0.25) is 9.79 Å². The normalized spacial score (nSPS) is 22.4. The van der Waals surface area contributed by atoms with Crippen molar-refractivity contribution in [2.24, 2.45) is 10.9 Å². The fourth-order valence-electron chi connectivity index (χ4n) is 1.94. The fourth-order valence-corrected chi connectivity index (χ4v) is 1.94. The molecule has 0 atom stereocenters. The molecule has 0 bridgehead atoms. The first kappa shape index (κ1) is 9.69. The first-order valence-corrected chi connectivity index (χ1v) is 5.52. The van der Waals surface area contributed by atoms with Crippen LogP contribution in [0.3, 0.4) is 0 Å². The lowest BCUT2D eigenvalue weighted by Crippen LogP contribution is -2.38. The summed E-state index contributed by atoms with van der Waals surface area (Å²) >= 11 is 0. The maximum Gasteiger partial charge on any atom is 0.222 e. The maximum absolute atomic E-state index is 11.7. The summed E-state index contributed by atoms with van der Waals surface area (Å²) in [6.07, 6.45) is 5.28. The molecule has 0 aromatic rings. The Morgan fingerprint density at radius 2 is 2.07 bits per heavy atom. The molecule has 1 amide bonds. The van der Waals surface area contributed by atoms with Crippen molar-refractivity contribution in [3.05, 3.63) is 0 Å². The van der Waals surface area contributed by atoms with Gasteiger partial charge in [-0.1, -0.05) is 0 Å². The monoisotopic (exact) mass is 194 g/mol. The van der Waals surface area contributed by atoms with Crippen LogP contribution in [0.5, 0.6) is 0 Å². The van der Waals surface area contributed by atoms with Crippen molar-refractivity contribution in [1.29, 1.82) is 0 Å². The number of likely N-dealkylation sites (tertiary alicyclic amines) is 1. The second kappa shape index (κ2) is 4.11. The fraction of sp³-hybridized carbons (Fsp3) is 0.818. The van der Waals surface area contributed by atoms with Crippen molar-refractivity contribution < 1.29 is 4.79 Å². The zero-order valence-electron chi connectivity index (χ0n) is 8.83. The predicted octanol–water partition coefficient (Wildman–Crippen LogP) is 1.48. The maximum atomic E-state index is 11.7. The lowest BCUT2D eigenvalue weighted by molar-refractivity contribution is -0.131. The molecule has 3 heteroatoms. The van der Waals surface area contributed by atoms with Crippen LogP contribution in [0.2, 0.25) is 0 Å². The van der Waals surface area contributed by atoms with Gasteiger partial charge in [-0.25, -0.2) is 0 Å². The van der Waals surface area contributed by atoms with E-state index in [1.165, 1.54) is 18.6 Å². The number of amides is 1. The van der Waals surface area contributed by atoms with E-state index in [4.69, 9.17) is 0 Å². The molecule has 0 radical (unpaired) electrons. The van der Waals surface area contributed by atoms with Crippen molar-refractivity contribution in [3.8, 4) is 0 Å². The Bertz CT molecular complexity index is 246. The number of hydrogen-bond acceptors (Lipinski definition) is 2. The quantitative estimate of drug-likeness (QED) is 0.655. The van der Waals surface area contributed by atoms with Crippen molar-refractivity contribution in [2.75, 3.05) is 20.1 Å². The molecule has 1 aliphatic heterocycles. The van der Waals surface area contributed by atoms with Crippen LogP contribution in [-0.2, 0) is 4.79 Å². The van der Waals surface area contributed by atoms with Gasteiger partial charge >= 0.3 is 0 Å². The predicted molar refractivity (Wildman–Crippen MR) is 56.5 cm³/mol. The van der Waals surface area contributed by atoms with Crippen molar-refractivity contribution in [1.82, 2.24) is 4.90 Å². The molecule has 1 saturated heterocycles. The van der Waals surface area contributed by atoms with Crippen molar-refractivity contribution in [3.63, 3.8) is 0 Å². The number of carbonyl (C=O) groups excluding carboxylic acids is 1. The third kappa shape index (κ3) is 2.34. The Balaban J connectivity index is 1.78. The van der Waals surface area contributed by atoms with E-state index in [0.29, 0.717) is 11.8 Å². The van der Waals surface area contributed by atoms with E-state index in [-0.39, 0.29) is 0 Å². The molecule has 2 fully saturated rings. The lowest BCUT2D eigenvalue weighted by atomic mass is 10.1. The summed E-state index contributed by atoms with van der Waals surface area (Å²) in [6.45, 7) is 1.77. The Hall–Kier alpha value is -0.860. The molecule has 14 heavy (non-hydrogen) atoms. The van der Waals surface area contributed by atoms with Crippen LogP contribution < -0.4 is 0 Å². The molecule has 3 nitrogen and oxygen atoms in total. The van der Waals surface area contributed by atoms with E-state index < -0.39 is 0 Å².